The van der Waals surface area contributed by atoms with E-state index in [1.54, 1.807) is 40.0 Å². The molecule has 1 N–H and O–H groups in total. The Morgan fingerprint density at radius 3 is 2.25 bits per heavy atom. The standard InChI is InChI=1S/C29H33NO6/c1-29(2,3)36-28(32)30-18-23-12-15-26(34-20-22-8-6-5-7-9-22)27(17-23)35-25(19-31)16-21-10-13-24(33-4)14-11-21/h5-15,17,19,25H,16,18,20H2,1-4H3,(H,30,32). The minimum Gasteiger partial charge on any atom is -0.497 e. The molecule has 3 aromatic carbocycles. The normalized spacial score (nSPS) is 11.8. The summed E-state index contributed by atoms with van der Waals surface area (Å²) in [5.74, 6) is 1.66. The third kappa shape index (κ3) is 8.65. The van der Waals surface area contributed by atoms with Gasteiger partial charge >= 0.3 is 6.09 Å². The Kier molecular flexibility index (Phi) is 9.33. The summed E-state index contributed by atoms with van der Waals surface area (Å²) in [5.41, 5.74) is 2.12. The van der Waals surface area contributed by atoms with Crippen LogP contribution in [0.4, 0.5) is 4.79 Å². The van der Waals surface area contributed by atoms with E-state index < -0.39 is 17.8 Å². The average molecular weight is 492 g/mol. The molecule has 0 fully saturated rings. The van der Waals surface area contributed by atoms with Gasteiger partial charge in [-0.3, -0.25) is 4.79 Å². The SMILES string of the molecule is COc1ccc(CC(C=O)Oc2cc(CNC(=O)OC(C)(C)C)ccc2OCc2ccccc2)cc1. The van der Waals surface area contributed by atoms with Crippen molar-refractivity contribution in [2.75, 3.05) is 7.11 Å². The number of benzene rings is 3. The third-order valence-corrected chi connectivity index (χ3v) is 5.11. The Labute approximate surface area is 212 Å². The van der Waals surface area contributed by atoms with Gasteiger partial charge in [0.25, 0.3) is 0 Å². The largest absolute Gasteiger partial charge is 0.497 e. The maximum Gasteiger partial charge on any atom is 0.407 e. The number of carbonyl (C=O) groups excluding carboxylic acids is 2. The maximum atomic E-state index is 12.1. The van der Waals surface area contributed by atoms with Crippen LogP contribution >= 0.6 is 0 Å². The topological polar surface area (TPSA) is 83.1 Å². The van der Waals surface area contributed by atoms with Gasteiger partial charge in [-0.2, -0.15) is 0 Å². The van der Waals surface area contributed by atoms with Crippen molar-refractivity contribution in [3.8, 4) is 17.2 Å². The highest BCUT2D eigenvalue weighted by molar-refractivity contribution is 5.67. The van der Waals surface area contributed by atoms with E-state index in [1.165, 1.54) is 0 Å². The Morgan fingerprint density at radius 2 is 1.61 bits per heavy atom. The number of rotatable bonds is 11. The molecule has 3 rings (SSSR count). The summed E-state index contributed by atoms with van der Waals surface area (Å²) in [6.07, 6.45) is -0.0887. The van der Waals surface area contributed by atoms with Gasteiger partial charge in [-0.1, -0.05) is 48.5 Å². The predicted molar refractivity (Wildman–Crippen MR) is 137 cm³/mol. The Hall–Kier alpha value is -4.00. The minimum atomic E-state index is -0.730. The fraction of sp³-hybridized carbons (Fsp3) is 0.310. The molecule has 7 heteroatoms. The maximum absolute atomic E-state index is 12.1. The Balaban J connectivity index is 1.76. The second-order valence-electron chi connectivity index (χ2n) is 9.26. The van der Waals surface area contributed by atoms with Gasteiger partial charge < -0.3 is 24.3 Å². The molecular weight excluding hydrogens is 458 g/mol. The molecule has 0 aliphatic rings. The Morgan fingerprint density at radius 1 is 0.917 bits per heavy atom. The summed E-state index contributed by atoms with van der Waals surface area (Å²) in [6, 6.07) is 22.6. The van der Waals surface area contributed by atoms with E-state index in [0.717, 1.165) is 28.7 Å². The lowest BCUT2D eigenvalue weighted by Gasteiger charge is -2.20. The number of ether oxygens (including phenoxy) is 4. The third-order valence-electron chi connectivity index (χ3n) is 5.11. The van der Waals surface area contributed by atoms with Gasteiger partial charge in [0, 0.05) is 13.0 Å². The molecule has 1 amide bonds. The predicted octanol–water partition coefficient (Wildman–Crippen LogP) is 5.49. The van der Waals surface area contributed by atoms with Crippen LogP contribution in [0.25, 0.3) is 0 Å². The quantitative estimate of drug-likeness (QED) is 0.357. The van der Waals surface area contributed by atoms with E-state index in [2.05, 4.69) is 5.32 Å². The summed E-state index contributed by atoms with van der Waals surface area (Å²) >= 11 is 0. The van der Waals surface area contributed by atoms with Gasteiger partial charge in [-0.05, 0) is 61.7 Å². The summed E-state index contributed by atoms with van der Waals surface area (Å²) in [5, 5.41) is 2.74. The molecule has 0 radical (unpaired) electrons. The number of hydrogen-bond acceptors (Lipinski definition) is 6. The lowest BCUT2D eigenvalue weighted by molar-refractivity contribution is -0.113. The van der Waals surface area contributed by atoms with Gasteiger partial charge in [0.15, 0.2) is 23.9 Å². The number of nitrogens with one attached hydrogen (secondary N) is 1. The molecule has 0 aromatic heterocycles. The molecule has 36 heavy (non-hydrogen) atoms. The monoisotopic (exact) mass is 491 g/mol. The first-order chi connectivity index (χ1) is 17.3. The number of methoxy groups -OCH3 is 1. The van der Waals surface area contributed by atoms with E-state index >= 15 is 0 Å². The average Bonchev–Trinajstić information content (AvgIpc) is 2.86. The number of aldehydes is 1. The Bertz CT molecular complexity index is 1120. The zero-order valence-electron chi connectivity index (χ0n) is 21.2. The van der Waals surface area contributed by atoms with E-state index in [1.807, 2.05) is 60.7 Å². The molecule has 0 heterocycles. The van der Waals surface area contributed by atoms with Crippen LogP contribution in [-0.2, 0) is 29.1 Å². The van der Waals surface area contributed by atoms with E-state index in [9.17, 15) is 9.59 Å². The van der Waals surface area contributed by atoms with Gasteiger partial charge in [0.2, 0.25) is 0 Å². The van der Waals surface area contributed by atoms with Crippen molar-refractivity contribution in [3.63, 3.8) is 0 Å². The smallest absolute Gasteiger partial charge is 0.407 e. The highest BCUT2D eigenvalue weighted by atomic mass is 16.6. The van der Waals surface area contributed by atoms with Gasteiger partial charge in [-0.25, -0.2) is 4.79 Å². The summed E-state index contributed by atoms with van der Waals surface area (Å²) in [4.78, 5) is 24.0. The molecule has 0 spiro atoms. The van der Waals surface area contributed by atoms with E-state index in [-0.39, 0.29) is 6.54 Å². The summed E-state index contributed by atoms with van der Waals surface area (Å²) < 4.78 is 22.6. The molecule has 0 bridgehead atoms. The van der Waals surface area contributed by atoms with Crippen LogP contribution in [0.2, 0.25) is 0 Å². The van der Waals surface area contributed by atoms with Crippen LogP contribution in [0.1, 0.15) is 37.5 Å². The van der Waals surface area contributed by atoms with Gasteiger partial charge in [-0.15, -0.1) is 0 Å². The summed E-state index contributed by atoms with van der Waals surface area (Å²) in [7, 11) is 1.61. The van der Waals surface area contributed by atoms with Crippen molar-refractivity contribution in [1.82, 2.24) is 5.32 Å². The molecule has 0 aliphatic carbocycles. The minimum absolute atomic E-state index is 0.231. The van der Waals surface area contributed by atoms with Crippen molar-refractivity contribution in [2.24, 2.45) is 0 Å². The lowest BCUT2D eigenvalue weighted by Crippen LogP contribution is -2.32. The molecule has 190 valence electrons. The number of carbonyl (C=O) groups is 2. The fourth-order valence-corrected chi connectivity index (χ4v) is 3.37. The van der Waals surface area contributed by atoms with Crippen LogP contribution in [0.5, 0.6) is 17.2 Å². The van der Waals surface area contributed by atoms with Gasteiger partial charge in [0.1, 0.15) is 18.0 Å². The second-order valence-corrected chi connectivity index (χ2v) is 9.26. The number of hydrogen-bond donors (Lipinski definition) is 1. The molecule has 7 nitrogen and oxygen atoms in total. The first-order valence-electron chi connectivity index (χ1n) is 11.8. The van der Waals surface area contributed by atoms with Crippen LogP contribution in [0.3, 0.4) is 0 Å². The van der Waals surface area contributed by atoms with Crippen LogP contribution in [-0.4, -0.2) is 31.2 Å². The number of amides is 1. The van der Waals surface area contributed by atoms with E-state index in [4.69, 9.17) is 18.9 Å². The lowest BCUT2D eigenvalue weighted by atomic mass is 10.1. The van der Waals surface area contributed by atoms with Gasteiger partial charge in [0.05, 0.1) is 7.11 Å². The van der Waals surface area contributed by atoms with Crippen LogP contribution < -0.4 is 19.5 Å². The molecule has 0 aliphatic heterocycles. The molecule has 1 atom stereocenters. The molecule has 0 saturated heterocycles. The highest BCUT2D eigenvalue weighted by Crippen LogP contribution is 2.31. The molecule has 3 aromatic rings. The summed E-state index contributed by atoms with van der Waals surface area (Å²) in [6.45, 7) is 5.99. The van der Waals surface area contributed by atoms with Crippen molar-refractivity contribution in [1.29, 1.82) is 0 Å². The second kappa shape index (κ2) is 12.6. The zero-order valence-corrected chi connectivity index (χ0v) is 21.2. The van der Waals surface area contributed by atoms with E-state index in [0.29, 0.717) is 24.5 Å². The van der Waals surface area contributed by atoms with Crippen molar-refractivity contribution in [3.05, 3.63) is 89.5 Å². The van der Waals surface area contributed by atoms with Crippen molar-refractivity contribution >= 4 is 12.4 Å². The van der Waals surface area contributed by atoms with Crippen LogP contribution in [0, 0.1) is 0 Å². The molecular formula is C29H33NO6. The number of alkyl carbamates (subject to hydrolysis) is 1. The first kappa shape index (κ1) is 26.6. The highest BCUT2D eigenvalue weighted by Gasteiger charge is 2.18. The molecule has 1 unspecified atom stereocenters. The zero-order chi connectivity index (χ0) is 26.0. The van der Waals surface area contributed by atoms with Crippen LogP contribution in [0.15, 0.2) is 72.8 Å². The first-order valence-corrected chi connectivity index (χ1v) is 11.8. The van der Waals surface area contributed by atoms with Crippen molar-refractivity contribution < 1.29 is 28.5 Å². The molecule has 0 saturated carbocycles. The fourth-order valence-electron chi connectivity index (χ4n) is 3.37. The van der Waals surface area contributed by atoms with Crippen molar-refractivity contribution in [2.45, 2.75) is 52.0 Å².